The van der Waals surface area contributed by atoms with E-state index in [4.69, 9.17) is 16.6 Å². The van der Waals surface area contributed by atoms with Gasteiger partial charge >= 0.3 is 0 Å². The van der Waals surface area contributed by atoms with Gasteiger partial charge < -0.3 is 4.74 Å². The van der Waals surface area contributed by atoms with Gasteiger partial charge in [0.05, 0.1) is 12.7 Å². The summed E-state index contributed by atoms with van der Waals surface area (Å²) in [4.78, 5) is 12.4. The Morgan fingerprint density at radius 2 is 1.97 bits per heavy atom. The number of terminal acetylenes is 1. The molecule has 0 saturated heterocycles. The number of benzene rings is 2. The number of hydrogen-bond acceptors (Lipinski definition) is 3. The molecule has 1 aliphatic rings. The van der Waals surface area contributed by atoms with E-state index in [1.165, 1.54) is 43.5 Å². The van der Waals surface area contributed by atoms with Crippen molar-refractivity contribution in [2.75, 3.05) is 7.11 Å². The lowest BCUT2D eigenvalue weighted by Gasteiger charge is -2.16. The van der Waals surface area contributed by atoms with Crippen LogP contribution in [0.1, 0.15) is 34.0 Å². The summed E-state index contributed by atoms with van der Waals surface area (Å²) in [6.07, 6.45) is 8.24. The van der Waals surface area contributed by atoms with Gasteiger partial charge in [-0.05, 0) is 53.3 Å². The Morgan fingerprint density at radius 1 is 1.21 bits per heavy atom. The molecule has 146 valence electrons. The van der Waals surface area contributed by atoms with Crippen LogP contribution in [0.15, 0.2) is 48.6 Å². The summed E-state index contributed by atoms with van der Waals surface area (Å²) in [6, 6.07) is 8.77. The van der Waals surface area contributed by atoms with Crippen LogP contribution in [0.2, 0.25) is 0 Å². The number of nitrogens with one attached hydrogen (secondary N) is 2. The van der Waals surface area contributed by atoms with Crippen molar-refractivity contribution >= 4 is 23.1 Å². The van der Waals surface area contributed by atoms with Crippen molar-refractivity contribution in [1.29, 1.82) is 5.41 Å². The summed E-state index contributed by atoms with van der Waals surface area (Å²) in [5.41, 5.74) is 1.32. The molecule has 2 aromatic rings. The zero-order valence-corrected chi connectivity index (χ0v) is 15.8. The fourth-order valence-corrected chi connectivity index (χ4v) is 3.21. The molecule has 1 unspecified atom stereocenters. The Balaban J connectivity index is 2.23. The molecule has 29 heavy (non-hydrogen) atoms. The monoisotopic (exact) mass is 392 g/mol. The maximum atomic E-state index is 14.8. The largest absolute Gasteiger partial charge is 0.496 e. The highest BCUT2D eigenvalue weighted by Gasteiger charge is 2.24. The third-order valence-electron chi connectivity index (χ3n) is 4.52. The van der Waals surface area contributed by atoms with E-state index in [1.807, 2.05) is 5.92 Å². The number of amidine groups is 1. The Kier molecular flexibility index (Phi) is 5.60. The van der Waals surface area contributed by atoms with Crippen LogP contribution < -0.4 is 10.1 Å². The van der Waals surface area contributed by atoms with Gasteiger partial charge in [-0.2, -0.15) is 0 Å². The van der Waals surface area contributed by atoms with Gasteiger partial charge in [-0.25, -0.2) is 8.78 Å². The minimum Gasteiger partial charge on any atom is -0.496 e. The molecule has 6 heteroatoms. The van der Waals surface area contributed by atoms with E-state index in [0.29, 0.717) is 16.9 Å². The number of ether oxygens (including phenoxy) is 1. The second kappa shape index (κ2) is 8.11. The van der Waals surface area contributed by atoms with Crippen molar-refractivity contribution in [3.63, 3.8) is 0 Å². The van der Waals surface area contributed by atoms with Gasteiger partial charge in [-0.1, -0.05) is 25.1 Å². The fraction of sp³-hybridized carbons (Fsp3) is 0.130. The van der Waals surface area contributed by atoms with Gasteiger partial charge in [-0.15, -0.1) is 6.42 Å². The SMILES string of the molecule is C#CC(=N)NC(=O)c1ccc2c(c1)C(c1c(F)cccc1OC)=CC(C)C=C2F. The molecule has 0 saturated carbocycles. The normalized spacial score (nSPS) is 15.2. The number of methoxy groups -OCH3 is 1. The van der Waals surface area contributed by atoms with E-state index >= 15 is 0 Å². The molecule has 0 spiro atoms. The van der Waals surface area contributed by atoms with Gasteiger partial charge in [0, 0.05) is 11.1 Å². The molecule has 0 aromatic heterocycles. The van der Waals surface area contributed by atoms with Crippen molar-refractivity contribution in [3.05, 3.63) is 76.6 Å². The van der Waals surface area contributed by atoms with E-state index in [-0.39, 0.29) is 22.6 Å². The van der Waals surface area contributed by atoms with Crippen molar-refractivity contribution in [2.24, 2.45) is 5.92 Å². The molecule has 0 heterocycles. The molecule has 4 nitrogen and oxygen atoms in total. The predicted molar refractivity (Wildman–Crippen MR) is 109 cm³/mol. The topological polar surface area (TPSA) is 62.2 Å². The molecule has 1 atom stereocenters. The summed E-state index contributed by atoms with van der Waals surface area (Å²) < 4.78 is 34.9. The predicted octanol–water partition coefficient (Wildman–Crippen LogP) is 4.57. The molecular weight excluding hydrogens is 374 g/mol. The molecule has 2 aromatic carbocycles. The molecule has 0 bridgehead atoms. The first kappa shape index (κ1) is 20.0. The van der Waals surface area contributed by atoms with E-state index < -0.39 is 23.4 Å². The first-order valence-electron chi connectivity index (χ1n) is 8.79. The van der Waals surface area contributed by atoms with Crippen LogP contribution in [0.25, 0.3) is 11.4 Å². The maximum absolute atomic E-state index is 14.8. The molecule has 1 aliphatic carbocycles. The van der Waals surface area contributed by atoms with Gasteiger partial charge in [0.15, 0.2) is 5.84 Å². The average molecular weight is 392 g/mol. The Bertz CT molecular complexity index is 1110. The van der Waals surface area contributed by atoms with Crippen LogP contribution in [0.3, 0.4) is 0 Å². The van der Waals surface area contributed by atoms with E-state index in [2.05, 4.69) is 5.32 Å². The molecule has 0 fully saturated rings. The lowest BCUT2D eigenvalue weighted by molar-refractivity contribution is 0.0977. The van der Waals surface area contributed by atoms with E-state index in [9.17, 15) is 13.6 Å². The summed E-state index contributed by atoms with van der Waals surface area (Å²) in [6.45, 7) is 1.78. The van der Waals surface area contributed by atoms with Crippen molar-refractivity contribution in [3.8, 4) is 18.1 Å². The highest BCUT2D eigenvalue weighted by Crippen LogP contribution is 2.40. The van der Waals surface area contributed by atoms with Crippen molar-refractivity contribution in [1.82, 2.24) is 5.32 Å². The van der Waals surface area contributed by atoms with Crippen LogP contribution in [0, 0.1) is 29.5 Å². The van der Waals surface area contributed by atoms with Gasteiger partial charge in [0.2, 0.25) is 0 Å². The summed E-state index contributed by atoms with van der Waals surface area (Å²) in [5, 5.41) is 9.70. The van der Waals surface area contributed by atoms with E-state index in [0.717, 1.165) is 0 Å². The summed E-state index contributed by atoms with van der Waals surface area (Å²) in [7, 11) is 1.42. The summed E-state index contributed by atoms with van der Waals surface area (Å²) in [5.74, 6) is -0.0288. The number of hydrogen-bond donors (Lipinski definition) is 2. The Morgan fingerprint density at radius 3 is 2.66 bits per heavy atom. The number of halogens is 2. The van der Waals surface area contributed by atoms with Gasteiger partial charge in [0.25, 0.3) is 5.91 Å². The number of allylic oxidation sites excluding steroid dienone is 2. The zero-order chi connectivity index (χ0) is 21.1. The Hall–Kier alpha value is -3.72. The molecular formula is C23H18F2N2O2. The lowest BCUT2D eigenvalue weighted by Crippen LogP contribution is -2.28. The molecule has 1 amide bonds. The minimum atomic E-state index is -0.614. The third-order valence-corrected chi connectivity index (χ3v) is 4.52. The molecule has 3 rings (SSSR count). The second-order valence-corrected chi connectivity index (χ2v) is 6.50. The second-order valence-electron chi connectivity index (χ2n) is 6.50. The highest BCUT2D eigenvalue weighted by molar-refractivity contribution is 6.11. The first-order chi connectivity index (χ1) is 13.8. The smallest absolute Gasteiger partial charge is 0.257 e. The zero-order valence-electron chi connectivity index (χ0n) is 15.8. The van der Waals surface area contributed by atoms with Crippen LogP contribution in [0.5, 0.6) is 5.75 Å². The maximum Gasteiger partial charge on any atom is 0.257 e. The van der Waals surface area contributed by atoms with Crippen molar-refractivity contribution in [2.45, 2.75) is 6.92 Å². The molecule has 2 N–H and O–H groups in total. The lowest BCUT2D eigenvalue weighted by atomic mass is 9.90. The van der Waals surface area contributed by atoms with E-state index in [1.54, 1.807) is 19.1 Å². The van der Waals surface area contributed by atoms with Crippen LogP contribution >= 0.6 is 0 Å². The van der Waals surface area contributed by atoms with Gasteiger partial charge in [-0.3, -0.25) is 15.5 Å². The van der Waals surface area contributed by atoms with Crippen LogP contribution in [-0.4, -0.2) is 18.9 Å². The number of carbonyl (C=O) groups is 1. The van der Waals surface area contributed by atoms with Crippen molar-refractivity contribution < 1.29 is 18.3 Å². The summed E-state index contributed by atoms with van der Waals surface area (Å²) >= 11 is 0. The number of rotatable bonds is 3. The average Bonchev–Trinajstić information content (AvgIpc) is 2.82. The number of fused-ring (bicyclic) bond motifs is 1. The fourth-order valence-electron chi connectivity index (χ4n) is 3.21. The minimum absolute atomic E-state index is 0.160. The molecule has 0 radical (unpaired) electrons. The van der Waals surface area contributed by atoms with Gasteiger partial charge in [0.1, 0.15) is 17.4 Å². The quantitative estimate of drug-likeness (QED) is 0.457. The Labute approximate surface area is 167 Å². The highest BCUT2D eigenvalue weighted by atomic mass is 19.1. The van der Waals surface area contributed by atoms with Crippen LogP contribution in [-0.2, 0) is 0 Å². The first-order valence-corrected chi connectivity index (χ1v) is 8.79. The standard InChI is InChI=1S/C23H18F2N2O2/c1-4-21(26)27-23(28)14-8-9-15-16(12-14)17(10-13(2)11-19(15)25)22-18(24)6-5-7-20(22)29-3/h1,5-13H,2-3H3,(H2,26,27,28). The molecule has 0 aliphatic heterocycles. The number of amides is 1. The van der Waals surface area contributed by atoms with Crippen LogP contribution in [0.4, 0.5) is 8.78 Å². The number of carbonyl (C=O) groups excluding carboxylic acids is 1. The third kappa shape index (κ3) is 3.94.